The zero-order chi connectivity index (χ0) is 16.3. The Labute approximate surface area is 130 Å². The Morgan fingerprint density at radius 3 is 2.41 bits per heavy atom. The molecule has 0 saturated carbocycles. The first-order chi connectivity index (χ1) is 10.4. The average molecular weight is 306 g/mol. The number of amides is 2. The molecule has 2 atom stereocenters. The lowest BCUT2D eigenvalue weighted by molar-refractivity contribution is -0.145. The van der Waals surface area contributed by atoms with Gasteiger partial charge >= 0.3 is 0 Å². The molecular formula is C16H22N2O4. The summed E-state index contributed by atoms with van der Waals surface area (Å²) in [6, 6.07) is 7.26. The van der Waals surface area contributed by atoms with Gasteiger partial charge in [-0.25, -0.2) is 0 Å². The van der Waals surface area contributed by atoms with E-state index in [0.717, 1.165) is 0 Å². The molecule has 0 aliphatic carbocycles. The van der Waals surface area contributed by atoms with E-state index in [4.69, 9.17) is 9.47 Å². The van der Waals surface area contributed by atoms with Gasteiger partial charge in [0.2, 0.25) is 12.0 Å². The van der Waals surface area contributed by atoms with E-state index in [1.165, 1.54) is 4.90 Å². The van der Waals surface area contributed by atoms with Gasteiger partial charge in [-0.1, -0.05) is 12.1 Å². The summed E-state index contributed by atoms with van der Waals surface area (Å²) in [6.07, 6.45) is -1.18. The van der Waals surface area contributed by atoms with Crippen LogP contribution >= 0.6 is 0 Å². The lowest BCUT2D eigenvalue weighted by Gasteiger charge is -2.33. The Bertz CT molecular complexity index is 559. The van der Waals surface area contributed by atoms with Crippen molar-refractivity contribution in [1.82, 2.24) is 10.2 Å². The smallest absolute Gasteiger partial charge is 0.267 e. The molecule has 22 heavy (non-hydrogen) atoms. The van der Waals surface area contributed by atoms with Crippen LogP contribution in [-0.2, 0) is 9.59 Å². The highest BCUT2D eigenvalue weighted by atomic mass is 16.6. The molecule has 0 fully saturated rings. The van der Waals surface area contributed by atoms with Crippen LogP contribution in [0.4, 0.5) is 0 Å². The third-order valence-corrected chi connectivity index (χ3v) is 3.29. The third-order valence-electron chi connectivity index (χ3n) is 3.29. The van der Waals surface area contributed by atoms with Crippen molar-refractivity contribution < 1.29 is 19.1 Å². The number of carbonyl (C=O) groups excluding carboxylic acids is 2. The molecule has 6 heteroatoms. The van der Waals surface area contributed by atoms with Gasteiger partial charge in [0, 0.05) is 13.1 Å². The molecule has 0 radical (unpaired) electrons. The third kappa shape index (κ3) is 3.69. The SMILES string of the molecule is CC(C)NC(=O)CN(C)C(=O)[C@@H]1Oc2ccccc2O[C@H]1C. The molecule has 1 heterocycles. The number of rotatable bonds is 4. The number of para-hydroxylation sites is 2. The number of hydrogen-bond donors (Lipinski definition) is 1. The van der Waals surface area contributed by atoms with Crippen LogP contribution in [0.15, 0.2) is 24.3 Å². The molecular weight excluding hydrogens is 284 g/mol. The minimum Gasteiger partial charge on any atom is -0.482 e. The van der Waals surface area contributed by atoms with Crippen LogP contribution in [0.2, 0.25) is 0 Å². The molecule has 0 saturated heterocycles. The highest BCUT2D eigenvalue weighted by molar-refractivity contribution is 5.87. The number of likely N-dealkylation sites (N-methyl/N-ethyl adjacent to an activating group) is 1. The second-order valence-electron chi connectivity index (χ2n) is 5.72. The lowest BCUT2D eigenvalue weighted by Crippen LogP contribution is -2.51. The van der Waals surface area contributed by atoms with Gasteiger partial charge in [-0.3, -0.25) is 9.59 Å². The lowest BCUT2D eigenvalue weighted by atomic mass is 10.1. The molecule has 0 bridgehead atoms. The first kappa shape index (κ1) is 16.1. The maximum Gasteiger partial charge on any atom is 0.267 e. The average Bonchev–Trinajstić information content (AvgIpc) is 2.44. The largest absolute Gasteiger partial charge is 0.482 e. The monoisotopic (exact) mass is 306 g/mol. The summed E-state index contributed by atoms with van der Waals surface area (Å²) in [5.74, 6) is 0.690. The van der Waals surface area contributed by atoms with Crippen molar-refractivity contribution in [2.24, 2.45) is 0 Å². The number of carbonyl (C=O) groups is 2. The van der Waals surface area contributed by atoms with Gasteiger partial charge in [-0.15, -0.1) is 0 Å². The number of nitrogens with one attached hydrogen (secondary N) is 1. The van der Waals surface area contributed by atoms with Gasteiger partial charge in [-0.05, 0) is 32.9 Å². The van der Waals surface area contributed by atoms with E-state index in [1.54, 1.807) is 26.1 Å². The van der Waals surface area contributed by atoms with Gasteiger partial charge < -0.3 is 19.7 Å². The molecule has 1 N–H and O–H groups in total. The maximum atomic E-state index is 12.5. The quantitative estimate of drug-likeness (QED) is 0.907. The van der Waals surface area contributed by atoms with Gasteiger partial charge in [0.05, 0.1) is 6.54 Å². The van der Waals surface area contributed by atoms with Crippen LogP contribution in [0, 0.1) is 0 Å². The predicted octanol–water partition coefficient (Wildman–Crippen LogP) is 1.20. The first-order valence-electron chi connectivity index (χ1n) is 7.35. The van der Waals surface area contributed by atoms with Crippen molar-refractivity contribution in [2.45, 2.75) is 39.0 Å². The maximum absolute atomic E-state index is 12.5. The van der Waals surface area contributed by atoms with Crippen LogP contribution in [0.5, 0.6) is 11.5 Å². The molecule has 1 aliphatic rings. The molecule has 1 aliphatic heterocycles. The zero-order valence-electron chi connectivity index (χ0n) is 13.3. The molecule has 0 spiro atoms. The first-order valence-corrected chi connectivity index (χ1v) is 7.35. The fourth-order valence-corrected chi connectivity index (χ4v) is 2.27. The molecule has 0 aromatic heterocycles. The van der Waals surface area contributed by atoms with E-state index < -0.39 is 12.2 Å². The number of fused-ring (bicyclic) bond motifs is 1. The topological polar surface area (TPSA) is 67.9 Å². The Morgan fingerprint density at radius 2 is 1.82 bits per heavy atom. The molecule has 120 valence electrons. The summed E-state index contributed by atoms with van der Waals surface area (Å²) < 4.78 is 11.5. The van der Waals surface area contributed by atoms with Crippen LogP contribution in [-0.4, -0.2) is 48.6 Å². The van der Waals surface area contributed by atoms with Crippen molar-refractivity contribution in [3.05, 3.63) is 24.3 Å². The summed E-state index contributed by atoms with van der Waals surface area (Å²) in [6.45, 7) is 5.51. The number of nitrogens with zero attached hydrogens (tertiary/aromatic N) is 1. The Balaban J connectivity index is 2.02. The standard InChI is InChI=1S/C16H22N2O4/c1-10(2)17-14(19)9-18(4)16(20)15-11(3)21-12-7-5-6-8-13(12)22-15/h5-8,10-11,15H,9H2,1-4H3,(H,17,19)/t11-,15+/m0/s1. The van der Waals surface area contributed by atoms with Crippen LogP contribution in [0.25, 0.3) is 0 Å². The molecule has 2 amide bonds. The Hall–Kier alpha value is -2.24. The van der Waals surface area contributed by atoms with Crippen molar-refractivity contribution in [2.75, 3.05) is 13.6 Å². The second kappa shape index (κ2) is 6.68. The summed E-state index contributed by atoms with van der Waals surface area (Å²) in [5.41, 5.74) is 0. The van der Waals surface area contributed by atoms with Gasteiger partial charge in [0.1, 0.15) is 6.10 Å². The van der Waals surface area contributed by atoms with Crippen molar-refractivity contribution in [1.29, 1.82) is 0 Å². The normalized spacial score (nSPS) is 19.7. The fraction of sp³-hybridized carbons (Fsp3) is 0.500. The summed E-state index contributed by atoms with van der Waals surface area (Å²) in [5, 5.41) is 2.75. The minimum absolute atomic E-state index is 0.00869. The number of ether oxygens (including phenoxy) is 2. The molecule has 0 unspecified atom stereocenters. The van der Waals surface area contributed by atoms with Crippen LogP contribution in [0.1, 0.15) is 20.8 Å². The summed E-state index contributed by atoms with van der Waals surface area (Å²) in [4.78, 5) is 25.6. The zero-order valence-corrected chi connectivity index (χ0v) is 13.3. The Kier molecular flexibility index (Phi) is 4.90. The highest BCUT2D eigenvalue weighted by Gasteiger charge is 2.36. The molecule has 1 aromatic rings. The van der Waals surface area contributed by atoms with Crippen LogP contribution < -0.4 is 14.8 Å². The van der Waals surface area contributed by atoms with Gasteiger partial charge in [0.15, 0.2) is 11.5 Å². The minimum atomic E-state index is -0.758. The molecule has 2 rings (SSSR count). The number of hydrogen-bond acceptors (Lipinski definition) is 4. The van der Waals surface area contributed by atoms with E-state index in [-0.39, 0.29) is 24.4 Å². The molecule has 1 aromatic carbocycles. The van der Waals surface area contributed by atoms with Crippen LogP contribution in [0.3, 0.4) is 0 Å². The fourth-order valence-electron chi connectivity index (χ4n) is 2.27. The van der Waals surface area contributed by atoms with Gasteiger partial charge in [0.25, 0.3) is 5.91 Å². The van der Waals surface area contributed by atoms with Gasteiger partial charge in [-0.2, -0.15) is 0 Å². The Morgan fingerprint density at radius 1 is 1.23 bits per heavy atom. The van der Waals surface area contributed by atoms with E-state index in [2.05, 4.69) is 5.32 Å². The number of benzene rings is 1. The molecule has 6 nitrogen and oxygen atoms in total. The van der Waals surface area contributed by atoms with E-state index in [0.29, 0.717) is 11.5 Å². The summed E-state index contributed by atoms with van der Waals surface area (Å²) in [7, 11) is 1.58. The van der Waals surface area contributed by atoms with E-state index in [1.807, 2.05) is 26.0 Å². The van der Waals surface area contributed by atoms with E-state index in [9.17, 15) is 9.59 Å². The summed E-state index contributed by atoms with van der Waals surface area (Å²) >= 11 is 0. The second-order valence-corrected chi connectivity index (χ2v) is 5.72. The highest BCUT2D eigenvalue weighted by Crippen LogP contribution is 2.33. The van der Waals surface area contributed by atoms with E-state index >= 15 is 0 Å². The predicted molar refractivity (Wildman–Crippen MR) is 81.9 cm³/mol. The van der Waals surface area contributed by atoms with Crippen molar-refractivity contribution >= 4 is 11.8 Å². The van der Waals surface area contributed by atoms with Crippen molar-refractivity contribution in [3.63, 3.8) is 0 Å². The van der Waals surface area contributed by atoms with Crippen molar-refractivity contribution in [3.8, 4) is 11.5 Å².